The molecular formula is C12H13N3. The van der Waals surface area contributed by atoms with E-state index < -0.39 is 0 Å². The summed E-state index contributed by atoms with van der Waals surface area (Å²) in [6, 6.07) is 13.0. The highest BCUT2D eigenvalue weighted by molar-refractivity contribution is 5.79. The molecule has 76 valence electrons. The molecule has 0 radical (unpaired) electrons. The van der Waals surface area contributed by atoms with Crippen LogP contribution in [-0.2, 0) is 0 Å². The molecule has 0 aromatic heterocycles. The molecule has 15 heavy (non-hydrogen) atoms. The van der Waals surface area contributed by atoms with Crippen molar-refractivity contribution < 1.29 is 0 Å². The molecule has 0 atom stereocenters. The van der Waals surface area contributed by atoms with Crippen molar-refractivity contribution >= 4 is 17.1 Å². The van der Waals surface area contributed by atoms with Gasteiger partial charge in [0.05, 0.1) is 0 Å². The van der Waals surface area contributed by atoms with Crippen molar-refractivity contribution in [1.82, 2.24) is 0 Å². The number of nitrogen functional groups attached to an aromatic ring is 3. The second-order valence-electron chi connectivity index (χ2n) is 3.47. The summed E-state index contributed by atoms with van der Waals surface area (Å²) < 4.78 is 0. The minimum atomic E-state index is 0.705. The van der Waals surface area contributed by atoms with Gasteiger partial charge in [0.2, 0.25) is 0 Å². The van der Waals surface area contributed by atoms with E-state index >= 15 is 0 Å². The lowest BCUT2D eigenvalue weighted by atomic mass is 10.0. The Bertz CT molecular complexity index is 475. The highest BCUT2D eigenvalue weighted by Crippen LogP contribution is 2.28. The van der Waals surface area contributed by atoms with Gasteiger partial charge in [-0.2, -0.15) is 0 Å². The highest BCUT2D eigenvalue weighted by Gasteiger charge is 2.02. The normalized spacial score (nSPS) is 10.1. The third-order valence-electron chi connectivity index (χ3n) is 2.30. The van der Waals surface area contributed by atoms with E-state index in [-0.39, 0.29) is 0 Å². The van der Waals surface area contributed by atoms with Crippen LogP contribution in [-0.4, -0.2) is 0 Å². The van der Waals surface area contributed by atoms with Gasteiger partial charge in [-0.25, -0.2) is 0 Å². The molecule has 0 fully saturated rings. The monoisotopic (exact) mass is 199 g/mol. The second-order valence-corrected chi connectivity index (χ2v) is 3.47. The number of hydrogen-bond donors (Lipinski definition) is 3. The van der Waals surface area contributed by atoms with E-state index in [4.69, 9.17) is 17.2 Å². The summed E-state index contributed by atoms with van der Waals surface area (Å²) in [5.41, 5.74) is 21.3. The van der Waals surface area contributed by atoms with Crippen molar-refractivity contribution in [3.63, 3.8) is 0 Å². The first-order valence-corrected chi connectivity index (χ1v) is 4.68. The fourth-order valence-electron chi connectivity index (χ4n) is 1.49. The third kappa shape index (κ3) is 1.86. The molecule has 0 unspecified atom stereocenters. The van der Waals surface area contributed by atoms with Crippen LogP contribution in [0, 0.1) is 0 Å². The van der Waals surface area contributed by atoms with Gasteiger partial charge in [0, 0.05) is 22.6 Å². The van der Waals surface area contributed by atoms with E-state index in [2.05, 4.69) is 0 Å². The van der Waals surface area contributed by atoms with E-state index in [1.165, 1.54) is 0 Å². The minimum absolute atomic E-state index is 0.705. The van der Waals surface area contributed by atoms with E-state index in [9.17, 15) is 0 Å². The third-order valence-corrected chi connectivity index (χ3v) is 2.30. The molecule has 0 heterocycles. The van der Waals surface area contributed by atoms with Gasteiger partial charge in [-0.1, -0.05) is 12.1 Å². The molecule has 0 spiro atoms. The van der Waals surface area contributed by atoms with Crippen LogP contribution >= 0.6 is 0 Å². The smallest absolute Gasteiger partial charge is 0.0395 e. The Hall–Kier alpha value is -2.16. The summed E-state index contributed by atoms with van der Waals surface area (Å²) in [6.45, 7) is 0. The summed E-state index contributed by atoms with van der Waals surface area (Å²) in [6.07, 6.45) is 0. The van der Waals surface area contributed by atoms with E-state index in [1.807, 2.05) is 30.3 Å². The van der Waals surface area contributed by atoms with Gasteiger partial charge >= 0.3 is 0 Å². The fourth-order valence-corrected chi connectivity index (χ4v) is 1.49. The number of hydrogen-bond acceptors (Lipinski definition) is 3. The summed E-state index contributed by atoms with van der Waals surface area (Å²) in [5.74, 6) is 0. The fraction of sp³-hybridized carbons (Fsp3) is 0. The van der Waals surface area contributed by atoms with E-state index in [0.29, 0.717) is 11.4 Å². The average molecular weight is 199 g/mol. The second kappa shape index (κ2) is 3.53. The summed E-state index contributed by atoms with van der Waals surface area (Å²) in [5, 5.41) is 0. The van der Waals surface area contributed by atoms with Crippen molar-refractivity contribution in [2.24, 2.45) is 0 Å². The average Bonchev–Trinajstić information content (AvgIpc) is 2.23. The Morgan fingerprint density at radius 1 is 0.667 bits per heavy atom. The summed E-state index contributed by atoms with van der Waals surface area (Å²) >= 11 is 0. The predicted molar refractivity (Wildman–Crippen MR) is 65.1 cm³/mol. The van der Waals surface area contributed by atoms with Gasteiger partial charge in [0.25, 0.3) is 0 Å². The largest absolute Gasteiger partial charge is 0.399 e. The molecule has 2 rings (SSSR count). The minimum Gasteiger partial charge on any atom is -0.399 e. The van der Waals surface area contributed by atoms with Gasteiger partial charge in [0.15, 0.2) is 0 Å². The van der Waals surface area contributed by atoms with Gasteiger partial charge in [-0.05, 0) is 35.9 Å². The van der Waals surface area contributed by atoms with E-state index in [0.717, 1.165) is 16.8 Å². The standard InChI is InChI=1S/C12H13N3/c13-9-3-1-8(2-4-9)11-7-10(14)5-6-12(11)15/h1-7H,13-15H2. The van der Waals surface area contributed by atoms with Crippen molar-refractivity contribution in [1.29, 1.82) is 0 Å². The molecule has 2 aromatic carbocycles. The predicted octanol–water partition coefficient (Wildman–Crippen LogP) is 2.10. The first-order chi connectivity index (χ1) is 7.16. The van der Waals surface area contributed by atoms with Crippen LogP contribution < -0.4 is 17.2 Å². The van der Waals surface area contributed by atoms with Crippen LogP contribution in [0.4, 0.5) is 17.1 Å². The first-order valence-electron chi connectivity index (χ1n) is 4.68. The van der Waals surface area contributed by atoms with Crippen LogP contribution in [0.3, 0.4) is 0 Å². The molecular weight excluding hydrogens is 186 g/mol. The number of anilines is 3. The zero-order valence-electron chi connectivity index (χ0n) is 8.27. The Morgan fingerprint density at radius 2 is 1.27 bits per heavy atom. The lowest BCUT2D eigenvalue weighted by Gasteiger charge is -2.07. The van der Waals surface area contributed by atoms with Gasteiger partial charge in [-0.15, -0.1) is 0 Å². The van der Waals surface area contributed by atoms with E-state index in [1.54, 1.807) is 12.1 Å². The molecule has 3 heteroatoms. The maximum Gasteiger partial charge on any atom is 0.0395 e. The molecule has 0 aliphatic rings. The van der Waals surface area contributed by atoms with Gasteiger partial charge in [-0.3, -0.25) is 0 Å². The van der Waals surface area contributed by atoms with Crippen molar-refractivity contribution in [3.8, 4) is 11.1 Å². The molecule has 3 nitrogen and oxygen atoms in total. The SMILES string of the molecule is Nc1ccc(-c2cc(N)ccc2N)cc1. The van der Waals surface area contributed by atoms with Gasteiger partial charge < -0.3 is 17.2 Å². The van der Waals surface area contributed by atoms with Crippen molar-refractivity contribution in [3.05, 3.63) is 42.5 Å². The number of rotatable bonds is 1. The lowest BCUT2D eigenvalue weighted by molar-refractivity contribution is 1.60. The molecule has 0 amide bonds. The van der Waals surface area contributed by atoms with Crippen molar-refractivity contribution in [2.75, 3.05) is 17.2 Å². The highest BCUT2D eigenvalue weighted by atomic mass is 14.6. The van der Waals surface area contributed by atoms with Crippen LogP contribution in [0.1, 0.15) is 0 Å². The van der Waals surface area contributed by atoms with Crippen LogP contribution in [0.15, 0.2) is 42.5 Å². The van der Waals surface area contributed by atoms with Crippen LogP contribution in [0.25, 0.3) is 11.1 Å². The van der Waals surface area contributed by atoms with Crippen LogP contribution in [0.5, 0.6) is 0 Å². The maximum absolute atomic E-state index is 5.87. The lowest BCUT2D eigenvalue weighted by Crippen LogP contribution is -1.93. The van der Waals surface area contributed by atoms with Gasteiger partial charge in [0.1, 0.15) is 0 Å². The molecule has 6 N–H and O–H groups in total. The molecule has 0 saturated carbocycles. The maximum atomic E-state index is 5.87. The van der Waals surface area contributed by atoms with Crippen LogP contribution in [0.2, 0.25) is 0 Å². The molecule has 0 bridgehead atoms. The Balaban J connectivity index is 2.53. The molecule has 0 aliphatic carbocycles. The zero-order valence-corrected chi connectivity index (χ0v) is 8.27. The topological polar surface area (TPSA) is 78.1 Å². The Morgan fingerprint density at radius 3 is 1.93 bits per heavy atom. The Labute approximate surface area is 88.5 Å². The number of nitrogens with two attached hydrogens (primary N) is 3. The Kier molecular flexibility index (Phi) is 2.21. The molecule has 0 aliphatic heterocycles. The van der Waals surface area contributed by atoms with Crippen molar-refractivity contribution in [2.45, 2.75) is 0 Å². The summed E-state index contributed by atoms with van der Waals surface area (Å²) in [7, 11) is 0. The number of benzene rings is 2. The zero-order chi connectivity index (χ0) is 10.8. The first kappa shape index (κ1) is 9.40. The summed E-state index contributed by atoms with van der Waals surface area (Å²) in [4.78, 5) is 0. The quantitative estimate of drug-likeness (QED) is 0.615. The molecule has 0 saturated heterocycles. The molecule has 2 aromatic rings.